The minimum Gasteiger partial charge on any atom is -0.406 e. The van der Waals surface area contributed by atoms with E-state index in [4.69, 9.17) is 0 Å². The summed E-state index contributed by atoms with van der Waals surface area (Å²) in [6.45, 7) is 4.98. The Bertz CT molecular complexity index is 612. The van der Waals surface area contributed by atoms with Crippen LogP contribution in [-0.2, 0) is 4.79 Å². The van der Waals surface area contributed by atoms with E-state index in [1.54, 1.807) is 4.90 Å². The Morgan fingerprint density at radius 2 is 1.73 bits per heavy atom. The summed E-state index contributed by atoms with van der Waals surface area (Å²) in [6.07, 6.45) is -3.88. The van der Waals surface area contributed by atoms with Gasteiger partial charge in [0.05, 0.1) is 6.54 Å². The van der Waals surface area contributed by atoms with E-state index in [0.717, 1.165) is 18.6 Å². The summed E-state index contributed by atoms with van der Waals surface area (Å²) in [5, 5.41) is 2.81. The van der Waals surface area contributed by atoms with Crippen molar-refractivity contribution < 1.29 is 27.5 Å². The number of hydrogen-bond donors (Lipinski definition) is 1. The fourth-order valence-corrected chi connectivity index (χ4v) is 2.61. The van der Waals surface area contributed by atoms with E-state index in [-0.39, 0.29) is 17.6 Å². The number of piperazine rings is 1. The van der Waals surface area contributed by atoms with Crippen molar-refractivity contribution in [2.75, 3.05) is 39.3 Å². The van der Waals surface area contributed by atoms with Crippen LogP contribution in [0.15, 0.2) is 24.3 Å². The molecule has 1 heterocycles. The lowest BCUT2D eigenvalue weighted by Crippen LogP contribution is -2.51. The van der Waals surface area contributed by atoms with Gasteiger partial charge in [-0.2, -0.15) is 0 Å². The zero-order valence-corrected chi connectivity index (χ0v) is 14.5. The zero-order valence-electron chi connectivity index (χ0n) is 14.5. The Hall–Kier alpha value is -2.29. The molecule has 1 aromatic carbocycles. The first kappa shape index (κ1) is 20.0. The van der Waals surface area contributed by atoms with Gasteiger partial charge in [-0.3, -0.25) is 14.5 Å². The minimum atomic E-state index is -4.76. The smallest absolute Gasteiger partial charge is 0.406 e. The molecule has 2 amide bonds. The summed E-state index contributed by atoms with van der Waals surface area (Å²) in [4.78, 5) is 27.7. The van der Waals surface area contributed by atoms with Crippen LogP contribution in [0.4, 0.5) is 13.2 Å². The average Bonchev–Trinajstić information content (AvgIpc) is 2.59. The number of nitrogens with zero attached hydrogens (tertiary/aromatic N) is 2. The maximum Gasteiger partial charge on any atom is 0.573 e. The predicted molar refractivity (Wildman–Crippen MR) is 88.8 cm³/mol. The Morgan fingerprint density at radius 3 is 2.27 bits per heavy atom. The van der Waals surface area contributed by atoms with Crippen LogP contribution < -0.4 is 10.1 Å². The topological polar surface area (TPSA) is 61.9 Å². The molecule has 26 heavy (non-hydrogen) atoms. The second kappa shape index (κ2) is 8.88. The molecule has 0 unspecified atom stereocenters. The number of amides is 2. The second-order valence-electron chi connectivity index (χ2n) is 5.99. The molecular weight excluding hydrogens is 351 g/mol. The summed E-state index contributed by atoms with van der Waals surface area (Å²) in [5.41, 5.74) is 0.300. The molecule has 1 N–H and O–H groups in total. The number of benzene rings is 1. The van der Waals surface area contributed by atoms with Crippen molar-refractivity contribution >= 4 is 11.8 Å². The molecule has 0 aliphatic carbocycles. The Kier molecular flexibility index (Phi) is 6.84. The van der Waals surface area contributed by atoms with E-state index in [2.05, 4.69) is 10.1 Å². The van der Waals surface area contributed by atoms with Gasteiger partial charge < -0.3 is 15.0 Å². The van der Waals surface area contributed by atoms with Gasteiger partial charge in [0.1, 0.15) is 5.75 Å². The number of ether oxygens (including phenoxy) is 1. The summed E-state index contributed by atoms with van der Waals surface area (Å²) in [6, 6.07) is 4.87. The van der Waals surface area contributed by atoms with Gasteiger partial charge in [-0.15, -0.1) is 13.2 Å². The van der Waals surface area contributed by atoms with Crippen molar-refractivity contribution in [3.8, 4) is 5.75 Å². The lowest BCUT2D eigenvalue weighted by Gasteiger charge is -2.34. The number of carbonyl (C=O) groups excluding carboxylic acids is 2. The van der Waals surface area contributed by atoms with Crippen LogP contribution in [0, 0.1) is 0 Å². The van der Waals surface area contributed by atoms with Gasteiger partial charge in [-0.25, -0.2) is 0 Å². The van der Waals surface area contributed by atoms with Crippen molar-refractivity contribution in [1.29, 1.82) is 0 Å². The van der Waals surface area contributed by atoms with Crippen LogP contribution in [-0.4, -0.2) is 67.2 Å². The first-order chi connectivity index (χ1) is 12.3. The molecule has 2 rings (SSSR count). The average molecular weight is 373 g/mol. The minimum absolute atomic E-state index is 0.0353. The highest BCUT2D eigenvalue weighted by Gasteiger charge is 2.31. The molecule has 1 fully saturated rings. The first-order valence-electron chi connectivity index (χ1n) is 8.42. The lowest BCUT2D eigenvalue weighted by atomic mass is 10.1. The summed E-state index contributed by atoms with van der Waals surface area (Å²) >= 11 is 0. The van der Waals surface area contributed by atoms with Crippen LogP contribution in [0.1, 0.15) is 23.7 Å². The molecule has 0 saturated carbocycles. The molecule has 0 spiro atoms. The third-order valence-electron chi connectivity index (χ3n) is 3.93. The van der Waals surface area contributed by atoms with Crippen molar-refractivity contribution in [1.82, 2.24) is 15.1 Å². The second-order valence-corrected chi connectivity index (χ2v) is 5.99. The van der Waals surface area contributed by atoms with Crippen LogP contribution >= 0.6 is 0 Å². The number of nitrogens with one attached hydrogen (secondary N) is 1. The molecule has 0 aromatic heterocycles. The third kappa shape index (κ3) is 6.21. The van der Waals surface area contributed by atoms with Gasteiger partial charge in [-0.05, 0) is 30.7 Å². The van der Waals surface area contributed by atoms with Crippen molar-refractivity contribution in [2.24, 2.45) is 0 Å². The molecule has 1 aliphatic rings. The van der Waals surface area contributed by atoms with E-state index in [1.807, 2.05) is 11.8 Å². The van der Waals surface area contributed by atoms with E-state index >= 15 is 0 Å². The third-order valence-corrected chi connectivity index (χ3v) is 3.93. The van der Waals surface area contributed by atoms with Crippen molar-refractivity contribution in [2.45, 2.75) is 19.7 Å². The predicted octanol–water partition coefficient (Wildman–Crippen LogP) is 1.87. The largest absolute Gasteiger partial charge is 0.573 e. The Labute approximate surface area is 149 Å². The number of alkyl halides is 3. The molecule has 0 atom stereocenters. The monoisotopic (exact) mass is 373 g/mol. The molecule has 6 nitrogen and oxygen atoms in total. The molecule has 9 heteroatoms. The van der Waals surface area contributed by atoms with Gasteiger partial charge in [0.2, 0.25) is 5.91 Å². The number of rotatable bonds is 6. The molecule has 0 radical (unpaired) electrons. The number of hydrogen-bond acceptors (Lipinski definition) is 4. The Balaban J connectivity index is 1.83. The van der Waals surface area contributed by atoms with E-state index in [9.17, 15) is 22.8 Å². The molecule has 144 valence electrons. The van der Waals surface area contributed by atoms with Crippen LogP contribution in [0.2, 0.25) is 0 Å². The highest BCUT2D eigenvalue weighted by molar-refractivity contribution is 5.94. The van der Waals surface area contributed by atoms with Gasteiger partial charge in [0.25, 0.3) is 5.91 Å². The van der Waals surface area contributed by atoms with Crippen molar-refractivity contribution in [3.63, 3.8) is 0 Å². The maximum atomic E-state index is 12.4. The fourth-order valence-electron chi connectivity index (χ4n) is 2.61. The van der Waals surface area contributed by atoms with Crippen LogP contribution in [0.5, 0.6) is 5.75 Å². The van der Waals surface area contributed by atoms with Crippen molar-refractivity contribution in [3.05, 3.63) is 29.8 Å². The zero-order chi connectivity index (χ0) is 19.2. The molecule has 0 bridgehead atoms. The maximum absolute atomic E-state index is 12.4. The van der Waals surface area contributed by atoms with Gasteiger partial charge in [0.15, 0.2) is 0 Å². The first-order valence-corrected chi connectivity index (χ1v) is 8.42. The highest BCUT2D eigenvalue weighted by atomic mass is 19.4. The van der Waals surface area contributed by atoms with Crippen LogP contribution in [0.25, 0.3) is 0 Å². The molecule has 1 saturated heterocycles. The molecular formula is C17H22F3N3O3. The number of carbonyl (C=O) groups is 2. The normalized spacial score (nSPS) is 15.6. The van der Waals surface area contributed by atoms with E-state index < -0.39 is 6.36 Å². The summed E-state index contributed by atoms with van der Waals surface area (Å²) in [5.74, 6) is -0.650. The van der Waals surface area contributed by atoms with E-state index in [0.29, 0.717) is 44.8 Å². The summed E-state index contributed by atoms with van der Waals surface area (Å²) < 4.78 is 40.3. The lowest BCUT2D eigenvalue weighted by molar-refractivity contribution is -0.274. The van der Waals surface area contributed by atoms with Gasteiger partial charge in [0, 0.05) is 38.3 Å². The quantitative estimate of drug-likeness (QED) is 0.827. The summed E-state index contributed by atoms with van der Waals surface area (Å²) in [7, 11) is 0. The van der Waals surface area contributed by atoms with Gasteiger partial charge in [-0.1, -0.05) is 6.92 Å². The van der Waals surface area contributed by atoms with E-state index in [1.165, 1.54) is 12.1 Å². The Morgan fingerprint density at radius 1 is 1.12 bits per heavy atom. The van der Waals surface area contributed by atoms with Crippen LogP contribution in [0.3, 0.4) is 0 Å². The fraction of sp³-hybridized carbons (Fsp3) is 0.529. The number of halogens is 3. The highest BCUT2D eigenvalue weighted by Crippen LogP contribution is 2.23. The SMILES string of the molecule is CCCNC(=O)CN1CCN(C(=O)c2ccc(OC(F)(F)F)cc2)CC1. The molecule has 1 aliphatic heterocycles. The standard InChI is InChI=1S/C17H22F3N3O3/c1-2-7-21-15(24)12-22-8-10-23(11-9-22)16(25)13-3-5-14(6-4-13)26-17(18,19)20/h3-6H,2,7-12H2,1H3,(H,21,24). The van der Waals surface area contributed by atoms with Gasteiger partial charge >= 0.3 is 6.36 Å². The molecule has 1 aromatic rings.